The third-order valence-corrected chi connectivity index (χ3v) is 3.32. The number of ether oxygens (including phenoxy) is 1. The quantitative estimate of drug-likeness (QED) is 0.630. The van der Waals surface area contributed by atoms with Gasteiger partial charge in [0, 0.05) is 25.2 Å². The summed E-state index contributed by atoms with van der Waals surface area (Å²) in [6.07, 6.45) is 0. The van der Waals surface area contributed by atoms with Crippen molar-refractivity contribution in [2.75, 3.05) is 32.8 Å². The van der Waals surface area contributed by atoms with Gasteiger partial charge in [0.05, 0.1) is 18.1 Å². The van der Waals surface area contributed by atoms with Crippen LogP contribution in [0.15, 0.2) is 24.3 Å². The lowest BCUT2D eigenvalue weighted by Crippen LogP contribution is -2.35. The molecular weight excluding hydrogens is 256 g/mol. The molecule has 0 spiro atoms. The fraction of sp³-hybridized carbons (Fsp3) is 0.600. The number of morpholine rings is 1. The Labute approximate surface area is 120 Å². The molecule has 1 aliphatic heterocycles. The minimum Gasteiger partial charge on any atom is -0.379 e. The average molecular weight is 280 g/mol. The standard InChI is InChI=1S/C9H11NO2.C6H13NO/c1-7(2)8-3-5-9(6-4-8)10(11)12;1-2-7-3-5-8-6-4-7/h3-7H,1-2H3;2-6H2,1H3. The van der Waals surface area contributed by atoms with Crippen molar-refractivity contribution in [3.05, 3.63) is 39.9 Å². The number of non-ortho nitro benzene ring substituents is 1. The van der Waals surface area contributed by atoms with E-state index >= 15 is 0 Å². The van der Waals surface area contributed by atoms with Crippen LogP contribution in [0.2, 0.25) is 0 Å². The van der Waals surface area contributed by atoms with Gasteiger partial charge in [-0.1, -0.05) is 32.9 Å². The van der Waals surface area contributed by atoms with E-state index in [9.17, 15) is 10.1 Å². The first-order valence-electron chi connectivity index (χ1n) is 7.09. The molecule has 0 amide bonds. The minimum atomic E-state index is -0.385. The summed E-state index contributed by atoms with van der Waals surface area (Å²) in [4.78, 5) is 12.3. The van der Waals surface area contributed by atoms with Gasteiger partial charge in [-0.15, -0.1) is 0 Å². The molecule has 5 heteroatoms. The minimum absolute atomic E-state index is 0.152. The summed E-state index contributed by atoms with van der Waals surface area (Å²) < 4.78 is 5.16. The fourth-order valence-corrected chi connectivity index (χ4v) is 1.90. The number of hydrogen-bond acceptors (Lipinski definition) is 4. The van der Waals surface area contributed by atoms with Gasteiger partial charge in [0.1, 0.15) is 0 Å². The first-order chi connectivity index (χ1) is 9.54. The monoisotopic (exact) mass is 280 g/mol. The molecular formula is C15H24N2O3. The number of benzene rings is 1. The van der Waals surface area contributed by atoms with Crippen molar-refractivity contribution in [1.82, 2.24) is 4.90 Å². The molecule has 0 saturated carbocycles. The van der Waals surface area contributed by atoms with Gasteiger partial charge in [-0.2, -0.15) is 0 Å². The highest BCUT2D eigenvalue weighted by atomic mass is 16.6. The smallest absolute Gasteiger partial charge is 0.269 e. The largest absolute Gasteiger partial charge is 0.379 e. The van der Waals surface area contributed by atoms with E-state index in [1.54, 1.807) is 12.1 Å². The van der Waals surface area contributed by atoms with Gasteiger partial charge in [0.2, 0.25) is 0 Å². The molecule has 0 aromatic heterocycles. The van der Waals surface area contributed by atoms with Gasteiger partial charge < -0.3 is 4.74 Å². The van der Waals surface area contributed by atoms with Crippen LogP contribution < -0.4 is 0 Å². The number of rotatable bonds is 3. The first kappa shape index (κ1) is 16.6. The number of likely N-dealkylation sites (N-methyl/N-ethyl adjacent to an activating group) is 1. The van der Waals surface area contributed by atoms with E-state index in [-0.39, 0.29) is 10.6 Å². The zero-order valence-corrected chi connectivity index (χ0v) is 12.5. The van der Waals surface area contributed by atoms with Gasteiger partial charge in [-0.3, -0.25) is 15.0 Å². The lowest BCUT2D eigenvalue weighted by molar-refractivity contribution is -0.384. The van der Waals surface area contributed by atoms with E-state index in [2.05, 4.69) is 25.7 Å². The predicted octanol–water partition coefficient (Wildman–Crippen LogP) is 3.06. The third kappa shape index (κ3) is 5.67. The van der Waals surface area contributed by atoms with Crippen molar-refractivity contribution in [2.45, 2.75) is 26.7 Å². The Bertz CT molecular complexity index is 398. The van der Waals surface area contributed by atoms with Crippen LogP contribution in [0.3, 0.4) is 0 Å². The highest BCUT2D eigenvalue weighted by Gasteiger charge is 2.06. The zero-order chi connectivity index (χ0) is 15.0. The Morgan fingerprint density at radius 2 is 1.80 bits per heavy atom. The molecule has 1 heterocycles. The van der Waals surface area contributed by atoms with Crippen molar-refractivity contribution in [3.8, 4) is 0 Å². The summed E-state index contributed by atoms with van der Waals surface area (Å²) in [7, 11) is 0. The van der Waals surface area contributed by atoms with E-state index in [1.165, 1.54) is 18.7 Å². The number of hydrogen-bond donors (Lipinski definition) is 0. The van der Waals surface area contributed by atoms with Crippen molar-refractivity contribution < 1.29 is 9.66 Å². The number of nitro groups is 1. The molecule has 20 heavy (non-hydrogen) atoms. The van der Waals surface area contributed by atoms with Gasteiger partial charge in [-0.05, 0) is 18.0 Å². The van der Waals surface area contributed by atoms with Gasteiger partial charge in [0.15, 0.2) is 0 Å². The highest BCUT2D eigenvalue weighted by molar-refractivity contribution is 5.33. The van der Waals surface area contributed by atoms with Crippen LogP contribution in [0.5, 0.6) is 0 Å². The Morgan fingerprint density at radius 1 is 1.25 bits per heavy atom. The van der Waals surface area contributed by atoms with Crippen LogP contribution in [-0.4, -0.2) is 42.7 Å². The van der Waals surface area contributed by atoms with Gasteiger partial charge >= 0.3 is 0 Å². The van der Waals surface area contributed by atoms with Crippen LogP contribution in [0.1, 0.15) is 32.3 Å². The molecule has 112 valence electrons. The SMILES string of the molecule is CC(C)c1ccc([N+](=O)[O-])cc1.CCN1CCOCC1. The Morgan fingerprint density at radius 3 is 2.15 bits per heavy atom. The molecule has 0 aliphatic carbocycles. The summed E-state index contributed by atoms with van der Waals surface area (Å²) in [5.41, 5.74) is 1.28. The highest BCUT2D eigenvalue weighted by Crippen LogP contribution is 2.17. The van der Waals surface area contributed by atoms with Crippen molar-refractivity contribution in [1.29, 1.82) is 0 Å². The van der Waals surface area contributed by atoms with E-state index in [1.807, 2.05) is 0 Å². The average Bonchev–Trinajstić information content (AvgIpc) is 2.48. The van der Waals surface area contributed by atoms with Crippen molar-refractivity contribution in [3.63, 3.8) is 0 Å². The molecule has 0 N–H and O–H groups in total. The molecule has 5 nitrogen and oxygen atoms in total. The Balaban J connectivity index is 0.000000217. The maximum atomic E-state index is 10.3. The van der Waals surface area contributed by atoms with Crippen LogP contribution in [-0.2, 0) is 4.74 Å². The molecule has 0 bridgehead atoms. The zero-order valence-electron chi connectivity index (χ0n) is 12.5. The first-order valence-corrected chi connectivity index (χ1v) is 7.09. The van der Waals surface area contributed by atoms with Crippen LogP contribution in [0.25, 0.3) is 0 Å². The Hall–Kier alpha value is -1.46. The number of nitro benzene ring substituents is 1. The molecule has 1 aromatic rings. The summed E-state index contributed by atoms with van der Waals surface area (Å²) in [6, 6.07) is 6.66. The van der Waals surface area contributed by atoms with Crippen molar-refractivity contribution in [2.24, 2.45) is 0 Å². The summed E-state index contributed by atoms with van der Waals surface area (Å²) in [5.74, 6) is 0.422. The number of nitrogens with zero attached hydrogens (tertiary/aromatic N) is 2. The molecule has 1 aromatic carbocycles. The topological polar surface area (TPSA) is 55.6 Å². The van der Waals surface area contributed by atoms with Crippen LogP contribution in [0, 0.1) is 10.1 Å². The maximum absolute atomic E-state index is 10.3. The second-order valence-electron chi connectivity index (χ2n) is 5.05. The van der Waals surface area contributed by atoms with Crippen LogP contribution in [0.4, 0.5) is 5.69 Å². The molecule has 0 atom stereocenters. The Kier molecular flexibility index (Phi) is 7.18. The van der Waals surface area contributed by atoms with E-state index in [4.69, 9.17) is 4.74 Å². The van der Waals surface area contributed by atoms with E-state index < -0.39 is 0 Å². The molecule has 0 unspecified atom stereocenters. The van der Waals surface area contributed by atoms with Crippen molar-refractivity contribution >= 4 is 5.69 Å². The van der Waals surface area contributed by atoms with E-state index in [0.717, 1.165) is 31.9 Å². The maximum Gasteiger partial charge on any atom is 0.269 e. The summed E-state index contributed by atoms with van der Waals surface area (Å²) >= 11 is 0. The van der Waals surface area contributed by atoms with E-state index in [0.29, 0.717) is 5.92 Å². The summed E-state index contributed by atoms with van der Waals surface area (Å²) in [5, 5.41) is 10.3. The predicted molar refractivity (Wildman–Crippen MR) is 80.1 cm³/mol. The second kappa shape index (κ2) is 8.66. The van der Waals surface area contributed by atoms with Crippen LogP contribution >= 0.6 is 0 Å². The molecule has 0 radical (unpaired) electrons. The fourth-order valence-electron chi connectivity index (χ4n) is 1.90. The van der Waals surface area contributed by atoms with Gasteiger partial charge in [-0.25, -0.2) is 0 Å². The lowest BCUT2D eigenvalue weighted by atomic mass is 10.0. The lowest BCUT2D eigenvalue weighted by Gasteiger charge is -2.24. The molecule has 2 rings (SSSR count). The normalized spacial score (nSPS) is 15.6. The van der Waals surface area contributed by atoms with Gasteiger partial charge in [0.25, 0.3) is 5.69 Å². The third-order valence-electron chi connectivity index (χ3n) is 3.32. The second-order valence-corrected chi connectivity index (χ2v) is 5.05. The molecule has 1 fully saturated rings. The molecule has 1 saturated heterocycles. The summed E-state index contributed by atoms with van der Waals surface area (Å²) in [6.45, 7) is 11.6. The molecule has 1 aliphatic rings.